The Morgan fingerprint density at radius 3 is 2.76 bits per heavy atom. The van der Waals surface area contributed by atoms with Gasteiger partial charge in [-0.1, -0.05) is 19.1 Å². The zero-order chi connectivity index (χ0) is 15.4. The summed E-state index contributed by atoms with van der Waals surface area (Å²) in [6.45, 7) is 6.50. The number of benzene rings is 1. The fraction of sp³-hybridized carbons (Fsp3) is 0.375. The highest BCUT2D eigenvalue weighted by molar-refractivity contribution is 5.93. The largest absolute Gasteiger partial charge is 0.348 e. The summed E-state index contributed by atoms with van der Waals surface area (Å²) in [5.41, 5.74) is 1.81. The lowest BCUT2D eigenvalue weighted by atomic mass is 10.1. The highest BCUT2D eigenvalue weighted by Gasteiger charge is 2.16. The summed E-state index contributed by atoms with van der Waals surface area (Å²) in [7, 11) is 0. The van der Waals surface area contributed by atoms with Gasteiger partial charge in [-0.15, -0.1) is 0 Å². The van der Waals surface area contributed by atoms with E-state index in [1.54, 1.807) is 16.8 Å². The van der Waals surface area contributed by atoms with Crippen molar-refractivity contribution in [3.8, 4) is 11.3 Å². The van der Waals surface area contributed by atoms with E-state index in [0.717, 1.165) is 12.1 Å². The van der Waals surface area contributed by atoms with Crippen molar-refractivity contribution >= 4 is 5.91 Å². The average Bonchev–Trinajstić information content (AvgIpc) is 2.91. The molecule has 2 rings (SSSR count). The quantitative estimate of drug-likeness (QED) is 0.918. The van der Waals surface area contributed by atoms with Gasteiger partial charge in [-0.05, 0) is 38.5 Å². The molecule has 1 heterocycles. The minimum atomic E-state index is -0.304. The Hall–Kier alpha value is -2.17. The second-order valence-electron chi connectivity index (χ2n) is 5.02. The number of aryl methyl sites for hydroxylation is 1. The van der Waals surface area contributed by atoms with Crippen molar-refractivity contribution in [2.45, 2.75) is 39.8 Å². The number of hydrogen-bond acceptors (Lipinski definition) is 2. The first-order chi connectivity index (χ1) is 10.0. The van der Waals surface area contributed by atoms with Gasteiger partial charge in [-0.3, -0.25) is 9.48 Å². The van der Waals surface area contributed by atoms with Crippen LogP contribution in [0.25, 0.3) is 11.3 Å². The molecule has 1 aromatic carbocycles. The van der Waals surface area contributed by atoms with Gasteiger partial charge in [-0.25, -0.2) is 4.39 Å². The zero-order valence-corrected chi connectivity index (χ0v) is 12.6. The van der Waals surface area contributed by atoms with Gasteiger partial charge >= 0.3 is 0 Å². The number of rotatable bonds is 5. The SMILES string of the molecule is CCC(C)NC(=O)c1cc(-c2cccc(F)c2)n(CC)n1. The van der Waals surface area contributed by atoms with Crippen LogP contribution in [-0.4, -0.2) is 21.7 Å². The van der Waals surface area contributed by atoms with Gasteiger partial charge in [-0.2, -0.15) is 5.10 Å². The van der Waals surface area contributed by atoms with Gasteiger partial charge in [0, 0.05) is 18.2 Å². The minimum absolute atomic E-state index is 0.0990. The molecule has 0 spiro atoms. The Bertz CT molecular complexity index is 636. The van der Waals surface area contributed by atoms with E-state index in [1.165, 1.54) is 12.1 Å². The number of halogens is 1. The number of hydrogen-bond donors (Lipinski definition) is 1. The van der Waals surface area contributed by atoms with Gasteiger partial charge < -0.3 is 5.32 Å². The standard InChI is InChI=1S/C16H20FN3O/c1-4-11(3)18-16(21)14-10-15(20(5-2)19-14)12-7-6-8-13(17)9-12/h6-11H,4-5H2,1-3H3,(H,18,21). The van der Waals surface area contributed by atoms with Crippen LogP contribution in [0.4, 0.5) is 4.39 Å². The molecule has 2 aromatic rings. The molecule has 112 valence electrons. The third-order valence-corrected chi connectivity index (χ3v) is 3.42. The molecule has 0 saturated carbocycles. The number of amides is 1. The Labute approximate surface area is 124 Å². The van der Waals surface area contributed by atoms with E-state index in [4.69, 9.17) is 0 Å². The van der Waals surface area contributed by atoms with E-state index in [-0.39, 0.29) is 17.8 Å². The van der Waals surface area contributed by atoms with Crippen LogP contribution in [0.1, 0.15) is 37.7 Å². The Kier molecular flexibility index (Phi) is 4.73. The van der Waals surface area contributed by atoms with Crippen molar-refractivity contribution in [1.82, 2.24) is 15.1 Å². The van der Waals surface area contributed by atoms with Gasteiger partial charge in [0.05, 0.1) is 5.69 Å². The molecule has 1 N–H and O–H groups in total. The molecule has 0 saturated heterocycles. The van der Waals surface area contributed by atoms with Crippen molar-refractivity contribution in [1.29, 1.82) is 0 Å². The number of nitrogens with zero attached hydrogens (tertiary/aromatic N) is 2. The number of carbonyl (C=O) groups excluding carboxylic acids is 1. The van der Waals surface area contributed by atoms with E-state index >= 15 is 0 Å². The molecule has 4 nitrogen and oxygen atoms in total. The van der Waals surface area contributed by atoms with Crippen LogP contribution in [-0.2, 0) is 6.54 Å². The lowest BCUT2D eigenvalue weighted by molar-refractivity contribution is 0.0933. The van der Waals surface area contributed by atoms with Crippen LogP contribution < -0.4 is 5.32 Å². The molecule has 5 heteroatoms. The molecule has 0 radical (unpaired) electrons. The smallest absolute Gasteiger partial charge is 0.272 e. The fourth-order valence-corrected chi connectivity index (χ4v) is 2.05. The topological polar surface area (TPSA) is 46.9 Å². The normalized spacial score (nSPS) is 12.2. The zero-order valence-electron chi connectivity index (χ0n) is 12.6. The van der Waals surface area contributed by atoms with E-state index in [1.807, 2.05) is 26.8 Å². The van der Waals surface area contributed by atoms with Gasteiger partial charge in [0.25, 0.3) is 5.91 Å². The van der Waals surface area contributed by atoms with E-state index in [0.29, 0.717) is 17.8 Å². The fourth-order valence-electron chi connectivity index (χ4n) is 2.05. The summed E-state index contributed by atoms with van der Waals surface area (Å²) in [6.07, 6.45) is 0.858. The van der Waals surface area contributed by atoms with E-state index < -0.39 is 0 Å². The summed E-state index contributed by atoms with van der Waals surface area (Å²) in [4.78, 5) is 12.1. The van der Waals surface area contributed by atoms with Gasteiger partial charge in [0.15, 0.2) is 5.69 Å². The second-order valence-corrected chi connectivity index (χ2v) is 5.02. The first-order valence-electron chi connectivity index (χ1n) is 7.19. The Morgan fingerprint density at radius 2 is 2.14 bits per heavy atom. The van der Waals surface area contributed by atoms with E-state index in [2.05, 4.69) is 10.4 Å². The van der Waals surface area contributed by atoms with Gasteiger partial charge in [0.2, 0.25) is 0 Å². The Morgan fingerprint density at radius 1 is 1.38 bits per heavy atom. The lowest BCUT2D eigenvalue weighted by Gasteiger charge is -2.09. The summed E-state index contributed by atoms with van der Waals surface area (Å²) < 4.78 is 15.1. The molecule has 1 amide bonds. The van der Waals surface area contributed by atoms with E-state index in [9.17, 15) is 9.18 Å². The third kappa shape index (κ3) is 3.48. The predicted molar refractivity (Wildman–Crippen MR) is 80.5 cm³/mol. The van der Waals surface area contributed by atoms with Crippen LogP contribution in [0.15, 0.2) is 30.3 Å². The highest BCUT2D eigenvalue weighted by atomic mass is 19.1. The molecule has 21 heavy (non-hydrogen) atoms. The van der Waals surface area contributed by atoms with Crippen LogP contribution in [0.3, 0.4) is 0 Å². The molecular formula is C16H20FN3O. The van der Waals surface area contributed by atoms with Crippen LogP contribution in [0, 0.1) is 5.82 Å². The van der Waals surface area contributed by atoms with Crippen molar-refractivity contribution in [3.05, 3.63) is 41.8 Å². The van der Waals surface area contributed by atoms with Crippen LogP contribution in [0.2, 0.25) is 0 Å². The molecule has 0 aliphatic rings. The second kappa shape index (κ2) is 6.52. The summed E-state index contributed by atoms with van der Waals surface area (Å²) in [5.74, 6) is -0.504. The summed E-state index contributed by atoms with van der Waals surface area (Å²) in [5, 5.41) is 7.19. The molecule has 0 aliphatic heterocycles. The van der Waals surface area contributed by atoms with Crippen LogP contribution in [0.5, 0.6) is 0 Å². The monoisotopic (exact) mass is 289 g/mol. The molecule has 1 atom stereocenters. The molecule has 1 aromatic heterocycles. The average molecular weight is 289 g/mol. The molecule has 1 unspecified atom stereocenters. The predicted octanol–water partition coefficient (Wildman–Crippen LogP) is 3.24. The number of carbonyl (C=O) groups is 1. The molecular weight excluding hydrogens is 269 g/mol. The van der Waals surface area contributed by atoms with Crippen molar-refractivity contribution < 1.29 is 9.18 Å². The first kappa shape index (κ1) is 15.2. The Balaban J connectivity index is 2.33. The maximum absolute atomic E-state index is 13.4. The van der Waals surface area contributed by atoms with Crippen LogP contribution >= 0.6 is 0 Å². The van der Waals surface area contributed by atoms with Crippen molar-refractivity contribution in [2.75, 3.05) is 0 Å². The highest BCUT2D eigenvalue weighted by Crippen LogP contribution is 2.21. The summed E-state index contributed by atoms with van der Waals surface area (Å²) in [6, 6.07) is 8.10. The molecule has 0 aliphatic carbocycles. The maximum atomic E-state index is 13.4. The van der Waals surface area contributed by atoms with Gasteiger partial charge in [0.1, 0.15) is 5.82 Å². The number of nitrogens with one attached hydrogen (secondary N) is 1. The minimum Gasteiger partial charge on any atom is -0.348 e. The molecule has 0 fully saturated rings. The lowest BCUT2D eigenvalue weighted by Crippen LogP contribution is -2.32. The molecule has 0 bridgehead atoms. The summed E-state index contributed by atoms with van der Waals surface area (Å²) >= 11 is 0. The number of aromatic nitrogens is 2. The maximum Gasteiger partial charge on any atom is 0.272 e. The third-order valence-electron chi connectivity index (χ3n) is 3.42. The van der Waals surface area contributed by atoms with Crippen molar-refractivity contribution in [2.24, 2.45) is 0 Å². The van der Waals surface area contributed by atoms with Crippen molar-refractivity contribution in [3.63, 3.8) is 0 Å². The first-order valence-corrected chi connectivity index (χ1v) is 7.19.